The Kier molecular flexibility index (Phi) is 6.35. The van der Waals surface area contributed by atoms with Crippen molar-refractivity contribution >= 4 is 34.7 Å². The van der Waals surface area contributed by atoms with Crippen molar-refractivity contribution in [2.45, 2.75) is 32.9 Å². The molecule has 1 unspecified atom stereocenters. The first-order valence-corrected chi connectivity index (χ1v) is 11.2. The number of halogens is 1. The Morgan fingerprint density at radius 2 is 1.74 bits per heavy atom. The molecule has 1 amide bonds. The molecule has 0 saturated carbocycles. The Morgan fingerprint density at radius 3 is 2.35 bits per heavy atom. The molecule has 1 fully saturated rings. The number of benzene rings is 3. The molecule has 3 aromatic carbocycles. The maximum Gasteiger partial charge on any atom is 0.300 e. The van der Waals surface area contributed by atoms with Crippen LogP contribution in [0.15, 0.2) is 72.3 Å². The third-order valence-corrected chi connectivity index (χ3v) is 5.80. The summed E-state index contributed by atoms with van der Waals surface area (Å²) in [7, 11) is 0. The summed E-state index contributed by atoms with van der Waals surface area (Å²) >= 11 is 6.01. The smallest absolute Gasteiger partial charge is 0.300 e. The Balaban J connectivity index is 1.89. The molecule has 174 valence electrons. The van der Waals surface area contributed by atoms with Gasteiger partial charge in [0.05, 0.1) is 17.7 Å². The monoisotopic (exact) mass is 477 g/mol. The number of Topliss-reactive ketones (excluding diaryl/α,β-unsaturated/α-hetero) is 1. The van der Waals surface area contributed by atoms with Gasteiger partial charge in [0.1, 0.15) is 17.3 Å². The van der Waals surface area contributed by atoms with E-state index in [4.69, 9.17) is 16.3 Å². The van der Waals surface area contributed by atoms with E-state index in [1.165, 1.54) is 17.0 Å². The number of aliphatic hydroxyl groups excluding tert-OH is 1. The summed E-state index contributed by atoms with van der Waals surface area (Å²) in [5.41, 5.74) is 2.01. The van der Waals surface area contributed by atoms with E-state index in [1.54, 1.807) is 54.6 Å². The van der Waals surface area contributed by atoms with E-state index in [0.717, 1.165) is 5.56 Å². The van der Waals surface area contributed by atoms with Crippen LogP contribution in [0.4, 0.5) is 5.69 Å². The number of carbonyl (C=O) groups is 2. The highest BCUT2D eigenvalue weighted by atomic mass is 35.5. The minimum atomic E-state index is -0.944. The van der Waals surface area contributed by atoms with E-state index >= 15 is 0 Å². The van der Waals surface area contributed by atoms with Crippen LogP contribution in [0.25, 0.3) is 5.76 Å². The van der Waals surface area contributed by atoms with Crippen molar-refractivity contribution in [1.82, 2.24) is 0 Å². The second kappa shape index (κ2) is 9.23. The Bertz CT molecular complexity index is 1300. The van der Waals surface area contributed by atoms with Crippen LogP contribution in [0.2, 0.25) is 5.02 Å². The van der Waals surface area contributed by atoms with Crippen LogP contribution in [0.1, 0.15) is 36.6 Å². The third kappa shape index (κ3) is 4.37. The molecule has 0 radical (unpaired) electrons. The van der Waals surface area contributed by atoms with Gasteiger partial charge in [-0.15, -0.1) is 0 Å². The Labute approximate surface area is 202 Å². The molecule has 7 heteroatoms. The summed E-state index contributed by atoms with van der Waals surface area (Å²) in [5.74, 6) is -1.26. The summed E-state index contributed by atoms with van der Waals surface area (Å²) < 4.78 is 5.77. The van der Waals surface area contributed by atoms with Crippen molar-refractivity contribution in [1.29, 1.82) is 0 Å². The molecule has 0 bridgehead atoms. The topological polar surface area (TPSA) is 87.1 Å². The first kappa shape index (κ1) is 23.4. The van der Waals surface area contributed by atoms with Crippen molar-refractivity contribution in [3.05, 3.63) is 94.0 Å². The lowest BCUT2D eigenvalue weighted by Crippen LogP contribution is -2.29. The fraction of sp³-hybridized carbons (Fsp3) is 0.185. The number of hydrogen-bond donors (Lipinski definition) is 2. The maximum absolute atomic E-state index is 13.2. The number of aliphatic hydroxyl groups is 1. The van der Waals surface area contributed by atoms with E-state index in [9.17, 15) is 19.8 Å². The molecule has 2 N–H and O–H groups in total. The lowest BCUT2D eigenvalue weighted by molar-refractivity contribution is -0.132. The second-order valence-corrected chi connectivity index (χ2v) is 8.82. The molecule has 1 aliphatic heterocycles. The highest BCUT2D eigenvalue weighted by molar-refractivity contribution is 6.51. The molecule has 1 atom stereocenters. The van der Waals surface area contributed by atoms with Crippen LogP contribution in [0, 0.1) is 6.92 Å². The molecule has 3 aromatic rings. The lowest BCUT2D eigenvalue weighted by Gasteiger charge is -2.25. The van der Waals surface area contributed by atoms with Gasteiger partial charge in [-0.3, -0.25) is 14.5 Å². The average molecular weight is 478 g/mol. The predicted molar refractivity (Wildman–Crippen MR) is 131 cm³/mol. The van der Waals surface area contributed by atoms with E-state index in [1.807, 2.05) is 20.8 Å². The summed E-state index contributed by atoms with van der Waals surface area (Å²) in [6.07, 6.45) is -0.0198. The molecule has 1 saturated heterocycles. The summed E-state index contributed by atoms with van der Waals surface area (Å²) in [6, 6.07) is 16.9. The zero-order valence-electron chi connectivity index (χ0n) is 18.9. The standard InChI is InChI=1S/C27H24ClNO5/c1-15(2)34-22-12-7-18(13-16(22)3)25(31)23-24(17-5-4-6-21(30)14-17)29(27(33)26(23)32)20-10-8-19(28)9-11-20/h4-15,24,30-31H,1-3H3/b25-23-. The second-order valence-electron chi connectivity index (χ2n) is 8.39. The minimum Gasteiger partial charge on any atom is -0.508 e. The average Bonchev–Trinajstić information content (AvgIpc) is 3.05. The van der Waals surface area contributed by atoms with Crippen molar-refractivity contribution < 1.29 is 24.5 Å². The number of aryl methyl sites for hydroxylation is 1. The van der Waals surface area contributed by atoms with Gasteiger partial charge in [0.2, 0.25) is 0 Å². The van der Waals surface area contributed by atoms with E-state index in [-0.39, 0.29) is 23.2 Å². The number of nitrogens with zero attached hydrogens (tertiary/aromatic N) is 1. The summed E-state index contributed by atoms with van der Waals surface area (Å²) in [4.78, 5) is 27.7. The van der Waals surface area contributed by atoms with E-state index in [2.05, 4.69) is 0 Å². The van der Waals surface area contributed by atoms with Gasteiger partial charge in [-0.1, -0.05) is 23.7 Å². The van der Waals surface area contributed by atoms with Gasteiger partial charge in [-0.25, -0.2) is 0 Å². The van der Waals surface area contributed by atoms with E-state index < -0.39 is 17.7 Å². The third-order valence-electron chi connectivity index (χ3n) is 5.55. The SMILES string of the molecule is Cc1cc(/C(O)=C2/C(=O)C(=O)N(c3ccc(Cl)cc3)C2c2cccc(O)c2)ccc1OC(C)C. The Hall–Kier alpha value is -3.77. The van der Waals surface area contributed by atoms with Crippen molar-refractivity contribution in [2.24, 2.45) is 0 Å². The number of phenolic OH excluding ortho intramolecular Hbond substituents is 1. The largest absolute Gasteiger partial charge is 0.508 e. The minimum absolute atomic E-state index is 0.0198. The normalized spacial score (nSPS) is 17.4. The van der Waals surface area contributed by atoms with E-state index in [0.29, 0.717) is 27.6 Å². The van der Waals surface area contributed by atoms with Crippen molar-refractivity contribution in [3.8, 4) is 11.5 Å². The predicted octanol–water partition coefficient (Wildman–Crippen LogP) is 5.77. The van der Waals surface area contributed by atoms with Gasteiger partial charge in [-0.2, -0.15) is 0 Å². The molecular formula is C27H24ClNO5. The number of ether oxygens (including phenoxy) is 1. The fourth-order valence-corrected chi connectivity index (χ4v) is 4.18. The van der Waals surface area contributed by atoms with Crippen molar-refractivity contribution in [3.63, 3.8) is 0 Å². The molecule has 0 aromatic heterocycles. The number of hydrogen-bond acceptors (Lipinski definition) is 5. The number of amides is 1. The van der Waals surface area contributed by atoms with Gasteiger partial charge < -0.3 is 14.9 Å². The van der Waals surface area contributed by atoms with Gasteiger partial charge in [0, 0.05) is 16.3 Å². The highest BCUT2D eigenvalue weighted by Crippen LogP contribution is 2.43. The van der Waals surface area contributed by atoms with Crippen LogP contribution >= 0.6 is 11.6 Å². The lowest BCUT2D eigenvalue weighted by atomic mass is 9.94. The molecule has 1 heterocycles. The van der Waals surface area contributed by atoms with Crippen LogP contribution in [0.5, 0.6) is 11.5 Å². The zero-order chi connectivity index (χ0) is 24.6. The van der Waals surface area contributed by atoms with Gasteiger partial charge in [0.15, 0.2) is 0 Å². The first-order valence-electron chi connectivity index (χ1n) is 10.8. The first-order chi connectivity index (χ1) is 16.2. The molecule has 34 heavy (non-hydrogen) atoms. The number of rotatable bonds is 5. The number of phenols is 1. The van der Waals surface area contributed by atoms with Crippen LogP contribution in [-0.4, -0.2) is 28.0 Å². The van der Waals surface area contributed by atoms with Crippen molar-refractivity contribution in [2.75, 3.05) is 4.90 Å². The van der Waals surface area contributed by atoms with Gasteiger partial charge in [0.25, 0.3) is 11.7 Å². The molecule has 6 nitrogen and oxygen atoms in total. The quantitative estimate of drug-likeness (QED) is 0.277. The molecular weight excluding hydrogens is 454 g/mol. The maximum atomic E-state index is 13.2. The molecule has 0 spiro atoms. The molecule has 1 aliphatic rings. The number of carbonyl (C=O) groups excluding carboxylic acids is 2. The summed E-state index contributed by atoms with van der Waals surface area (Å²) in [6.45, 7) is 5.68. The van der Waals surface area contributed by atoms with Crippen LogP contribution in [0.3, 0.4) is 0 Å². The van der Waals surface area contributed by atoms with Crippen LogP contribution < -0.4 is 9.64 Å². The fourth-order valence-electron chi connectivity index (χ4n) is 4.05. The number of ketones is 1. The molecule has 4 rings (SSSR count). The number of aromatic hydroxyl groups is 1. The van der Waals surface area contributed by atoms with Crippen LogP contribution in [-0.2, 0) is 9.59 Å². The Morgan fingerprint density at radius 1 is 1.03 bits per heavy atom. The number of anilines is 1. The molecule has 0 aliphatic carbocycles. The highest BCUT2D eigenvalue weighted by Gasteiger charge is 2.47. The summed E-state index contributed by atoms with van der Waals surface area (Å²) in [5, 5.41) is 21.8. The van der Waals surface area contributed by atoms with Gasteiger partial charge in [-0.05, 0) is 86.5 Å². The van der Waals surface area contributed by atoms with Gasteiger partial charge >= 0.3 is 0 Å². The zero-order valence-corrected chi connectivity index (χ0v) is 19.7.